The fourth-order valence-electron chi connectivity index (χ4n) is 4.06. The Morgan fingerprint density at radius 2 is 1.81 bits per heavy atom. The Hall–Kier alpha value is -2.41. The standard InChI is InChI=1S/C23H25Cl2N3O2.CH2O/c1-23(2,30)17-12-20-15(13-28(27-20)16-6-4-3-5-7-16)11-21(17)26-22(29)14-8-9-18(24)19(25)10-14;1-2/h8-13,16,30H,3-7H2,1-2H3,(H,26,29);1H2. The maximum atomic E-state index is 12.8. The van der Waals surface area contributed by atoms with Crippen LogP contribution in [0.4, 0.5) is 5.69 Å². The first-order chi connectivity index (χ1) is 15.2. The molecule has 0 saturated heterocycles. The molecular weight excluding hydrogens is 449 g/mol. The Bertz CT molecular complexity index is 1120. The number of nitrogens with zero attached hydrogens (tertiary/aromatic N) is 2. The van der Waals surface area contributed by atoms with E-state index in [-0.39, 0.29) is 5.91 Å². The lowest BCUT2D eigenvalue weighted by molar-refractivity contribution is -0.0980. The molecule has 1 amide bonds. The van der Waals surface area contributed by atoms with Gasteiger partial charge in [-0.25, -0.2) is 0 Å². The molecular formula is C24H27Cl2N3O3. The van der Waals surface area contributed by atoms with Crippen LogP contribution in [0.3, 0.4) is 0 Å². The number of rotatable bonds is 4. The zero-order chi connectivity index (χ0) is 23.5. The summed E-state index contributed by atoms with van der Waals surface area (Å²) in [6.45, 7) is 5.39. The van der Waals surface area contributed by atoms with Crippen LogP contribution in [-0.4, -0.2) is 27.6 Å². The van der Waals surface area contributed by atoms with Gasteiger partial charge in [0.25, 0.3) is 5.91 Å². The third-order valence-corrected chi connectivity index (χ3v) is 6.44. The van der Waals surface area contributed by atoms with Crippen LogP contribution in [0.25, 0.3) is 10.9 Å². The first-order valence-corrected chi connectivity index (χ1v) is 11.3. The molecule has 1 fully saturated rings. The average Bonchev–Trinajstić information content (AvgIpc) is 3.19. The Morgan fingerprint density at radius 3 is 2.44 bits per heavy atom. The Balaban J connectivity index is 0.00000141. The normalized spacial score (nSPS) is 14.7. The third-order valence-electron chi connectivity index (χ3n) is 5.70. The van der Waals surface area contributed by atoms with E-state index in [4.69, 9.17) is 33.1 Å². The maximum absolute atomic E-state index is 12.8. The summed E-state index contributed by atoms with van der Waals surface area (Å²) in [6, 6.07) is 8.89. The van der Waals surface area contributed by atoms with Crippen LogP contribution in [0.1, 0.15) is 67.9 Å². The van der Waals surface area contributed by atoms with Gasteiger partial charge in [-0.1, -0.05) is 42.5 Å². The number of amides is 1. The van der Waals surface area contributed by atoms with Gasteiger partial charge in [-0.05, 0) is 57.0 Å². The molecule has 0 unspecified atom stereocenters. The molecule has 2 aromatic carbocycles. The minimum absolute atomic E-state index is 0.316. The highest BCUT2D eigenvalue weighted by Crippen LogP contribution is 2.34. The summed E-state index contributed by atoms with van der Waals surface area (Å²) in [5, 5.41) is 20.1. The number of nitrogens with one attached hydrogen (secondary N) is 1. The minimum atomic E-state index is -1.15. The predicted octanol–water partition coefficient (Wildman–Crippen LogP) is 6.14. The van der Waals surface area contributed by atoms with Crippen molar-refractivity contribution in [3.63, 3.8) is 0 Å². The number of carbonyl (C=O) groups is 2. The predicted molar refractivity (Wildman–Crippen MR) is 129 cm³/mol. The van der Waals surface area contributed by atoms with Gasteiger partial charge in [-0.2, -0.15) is 5.10 Å². The molecule has 1 aromatic heterocycles. The second-order valence-corrected chi connectivity index (χ2v) is 9.31. The molecule has 8 heteroatoms. The van der Waals surface area contributed by atoms with Gasteiger partial charge in [0.15, 0.2) is 0 Å². The van der Waals surface area contributed by atoms with Crippen LogP contribution in [0, 0.1) is 0 Å². The number of anilines is 1. The van der Waals surface area contributed by atoms with E-state index in [1.54, 1.807) is 26.0 Å². The summed E-state index contributed by atoms with van der Waals surface area (Å²) >= 11 is 12.0. The van der Waals surface area contributed by atoms with Crippen LogP contribution in [0.15, 0.2) is 36.5 Å². The molecule has 2 N–H and O–H groups in total. The maximum Gasteiger partial charge on any atom is 0.255 e. The molecule has 1 aliphatic carbocycles. The molecule has 3 aromatic rings. The van der Waals surface area contributed by atoms with Gasteiger partial charge in [0.2, 0.25) is 0 Å². The molecule has 0 atom stereocenters. The van der Waals surface area contributed by atoms with Crippen molar-refractivity contribution in [1.29, 1.82) is 0 Å². The van der Waals surface area contributed by atoms with Crippen molar-refractivity contribution in [2.24, 2.45) is 0 Å². The Morgan fingerprint density at radius 1 is 1.12 bits per heavy atom. The summed E-state index contributed by atoms with van der Waals surface area (Å²) in [6.07, 6.45) is 8.03. The lowest BCUT2D eigenvalue weighted by Crippen LogP contribution is -2.21. The zero-order valence-electron chi connectivity index (χ0n) is 18.2. The Kier molecular flexibility index (Phi) is 7.59. The molecule has 0 aliphatic heterocycles. The van der Waals surface area contributed by atoms with Crippen molar-refractivity contribution in [2.75, 3.05) is 5.32 Å². The van der Waals surface area contributed by atoms with Crippen molar-refractivity contribution < 1.29 is 14.7 Å². The second kappa shape index (κ2) is 10.0. The van der Waals surface area contributed by atoms with E-state index in [0.717, 1.165) is 23.7 Å². The molecule has 4 rings (SSSR count). The number of benzene rings is 2. The molecule has 1 heterocycles. The van der Waals surface area contributed by atoms with Crippen molar-refractivity contribution in [1.82, 2.24) is 9.78 Å². The number of fused-ring (bicyclic) bond motifs is 1. The van der Waals surface area contributed by atoms with Crippen LogP contribution >= 0.6 is 23.2 Å². The number of halogens is 2. The van der Waals surface area contributed by atoms with Crippen LogP contribution < -0.4 is 5.32 Å². The monoisotopic (exact) mass is 475 g/mol. The summed E-state index contributed by atoms with van der Waals surface area (Å²) in [5.74, 6) is -0.321. The van der Waals surface area contributed by atoms with E-state index in [1.807, 2.05) is 29.8 Å². The van der Waals surface area contributed by atoms with E-state index in [2.05, 4.69) is 5.32 Å². The van der Waals surface area contributed by atoms with Gasteiger partial charge in [0.1, 0.15) is 6.79 Å². The lowest BCUT2D eigenvalue weighted by atomic mass is 9.95. The van der Waals surface area contributed by atoms with Crippen molar-refractivity contribution in [2.45, 2.75) is 57.6 Å². The number of hydrogen-bond donors (Lipinski definition) is 2. The summed E-state index contributed by atoms with van der Waals surface area (Å²) in [5.41, 5.74) is 1.21. The van der Waals surface area contributed by atoms with E-state index in [0.29, 0.717) is 32.9 Å². The molecule has 32 heavy (non-hydrogen) atoms. The second-order valence-electron chi connectivity index (χ2n) is 8.50. The van der Waals surface area contributed by atoms with E-state index in [1.165, 1.54) is 25.3 Å². The molecule has 0 radical (unpaired) electrons. The van der Waals surface area contributed by atoms with Crippen molar-refractivity contribution in [3.8, 4) is 0 Å². The van der Waals surface area contributed by atoms with E-state index >= 15 is 0 Å². The van der Waals surface area contributed by atoms with E-state index < -0.39 is 5.60 Å². The number of carbonyl (C=O) groups excluding carboxylic acids is 2. The van der Waals surface area contributed by atoms with Gasteiger partial charge in [0.05, 0.1) is 27.2 Å². The molecule has 0 spiro atoms. The number of aliphatic hydroxyl groups is 1. The summed E-state index contributed by atoms with van der Waals surface area (Å²) in [4.78, 5) is 20.8. The SMILES string of the molecule is C=O.CC(C)(O)c1cc2nn(C3CCCCC3)cc2cc1NC(=O)c1ccc(Cl)c(Cl)c1. The highest BCUT2D eigenvalue weighted by Gasteiger charge is 2.24. The topological polar surface area (TPSA) is 84.2 Å². The first-order valence-electron chi connectivity index (χ1n) is 10.5. The highest BCUT2D eigenvalue weighted by molar-refractivity contribution is 6.42. The van der Waals surface area contributed by atoms with Gasteiger partial charge < -0.3 is 15.2 Å². The van der Waals surface area contributed by atoms with Gasteiger partial charge in [-0.3, -0.25) is 9.48 Å². The van der Waals surface area contributed by atoms with Gasteiger partial charge in [0, 0.05) is 28.4 Å². The lowest BCUT2D eigenvalue weighted by Gasteiger charge is -2.22. The largest absolute Gasteiger partial charge is 0.386 e. The van der Waals surface area contributed by atoms with Gasteiger partial charge in [-0.15, -0.1) is 0 Å². The molecule has 1 aliphatic rings. The van der Waals surface area contributed by atoms with Crippen molar-refractivity contribution >= 4 is 52.5 Å². The Labute approximate surface area is 197 Å². The molecule has 170 valence electrons. The minimum Gasteiger partial charge on any atom is -0.386 e. The number of hydrogen-bond acceptors (Lipinski definition) is 4. The van der Waals surface area contributed by atoms with Crippen molar-refractivity contribution in [3.05, 3.63) is 57.7 Å². The zero-order valence-corrected chi connectivity index (χ0v) is 19.7. The highest BCUT2D eigenvalue weighted by atomic mass is 35.5. The summed E-state index contributed by atoms with van der Waals surface area (Å²) < 4.78 is 2.04. The summed E-state index contributed by atoms with van der Waals surface area (Å²) in [7, 11) is 0. The smallest absolute Gasteiger partial charge is 0.255 e. The quantitative estimate of drug-likeness (QED) is 0.474. The first kappa shape index (κ1) is 24.2. The molecule has 1 saturated carbocycles. The number of aromatic nitrogens is 2. The van der Waals surface area contributed by atoms with Gasteiger partial charge >= 0.3 is 0 Å². The van der Waals surface area contributed by atoms with Crippen LogP contribution in [0.2, 0.25) is 10.0 Å². The van der Waals surface area contributed by atoms with E-state index in [9.17, 15) is 9.90 Å². The third kappa shape index (κ3) is 5.31. The fourth-order valence-corrected chi connectivity index (χ4v) is 4.36. The van der Waals surface area contributed by atoms with Crippen LogP contribution in [-0.2, 0) is 10.4 Å². The van der Waals surface area contributed by atoms with Crippen LogP contribution in [0.5, 0.6) is 0 Å². The molecule has 6 nitrogen and oxygen atoms in total. The molecule has 0 bridgehead atoms. The fraction of sp³-hybridized carbons (Fsp3) is 0.375. The average molecular weight is 476 g/mol.